The third-order valence-electron chi connectivity index (χ3n) is 2.65. The third kappa shape index (κ3) is 4.00. The molecule has 0 spiro atoms. The summed E-state index contributed by atoms with van der Waals surface area (Å²) in [4.78, 5) is 0. The van der Waals surface area contributed by atoms with Crippen molar-refractivity contribution in [2.45, 2.75) is 13.1 Å². The summed E-state index contributed by atoms with van der Waals surface area (Å²) in [5.74, 6) is -0.607. The van der Waals surface area contributed by atoms with Crippen molar-refractivity contribution >= 4 is 27.5 Å². The van der Waals surface area contributed by atoms with Crippen molar-refractivity contribution < 1.29 is 8.78 Å². The third-order valence-corrected chi connectivity index (χ3v) is 3.66. The van der Waals surface area contributed by atoms with Gasteiger partial charge in [-0.15, -0.1) is 0 Å². The van der Waals surface area contributed by atoms with E-state index in [1.807, 2.05) is 0 Å². The standard InChI is InChI=1S/C14H11BrClF2N/c15-13-3-2-12(17)6-9(13)7-19-8-10-5-11(16)1-4-14(10)18/h1-6,19H,7-8H2. The Hall–Kier alpha value is -0.970. The highest BCUT2D eigenvalue weighted by Gasteiger charge is 2.05. The van der Waals surface area contributed by atoms with Gasteiger partial charge in [-0.05, 0) is 42.0 Å². The van der Waals surface area contributed by atoms with Crippen LogP contribution in [0.1, 0.15) is 11.1 Å². The van der Waals surface area contributed by atoms with Gasteiger partial charge in [0.25, 0.3) is 0 Å². The predicted octanol–water partition coefficient (Wildman–Crippen LogP) is 4.67. The molecule has 0 bridgehead atoms. The molecule has 5 heteroatoms. The largest absolute Gasteiger partial charge is 0.308 e. The highest BCUT2D eigenvalue weighted by Crippen LogP contribution is 2.18. The summed E-state index contributed by atoms with van der Waals surface area (Å²) in [7, 11) is 0. The molecule has 0 amide bonds. The van der Waals surface area contributed by atoms with Gasteiger partial charge in [-0.25, -0.2) is 8.78 Å². The van der Waals surface area contributed by atoms with Crippen LogP contribution >= 0.6 is 27.5 Å². The molecule has 2 rings (SSSR count). The summed E-state index contributed by atoms with van der Waals surface area (Å²) in [6, 6.07) is 8.87. The Morgan fingerprint density at radius 1 is 1.00 bits per heavy atom. The maximum Gasteiger partial charge on any atom is 0.127 e. The Morgan fingerprint density at radius 3 is 2.53 bits per heavy atom. The van der Waals surface area contributed by atoms with Crippen LogP contribution in [0.15, 0.2) is 40.9 Å². The number of benzene rings is 2. The zero-order chi connectivity index (χ0) is 13.8. The van der Waals surface area contributed by atoms with Crippen LogP contribution in [-0.2, 0) is 13.1 Å². The van der Waals surface area contributed by atoms with Gasteiger partial charge in [0.1, 0.15) is 11.6 Å². The van der Waals surface area contributed by atoms with Crippen LogP contribution in [-0.4, -0.2) is 0 Å². The van der Waals surface area contributed by atoms with E-state index in [9.17, 15) is 8.78 Å². The zero-order valence-corrected chi connectivity index (χ0v) is 12.2. The Bertz CT molecular complexity index is 538. The second-order valence-electron chi connectivity index (χ2n) is 4.08. The van der Waals surface area contributed by atoms with E-state index >= 15 is 0 Å². The van der Waals surface area contributed by atoms with Gasteiger partial charge >= 0.3 is 0 Å². The number of hydrogen-bond acceptors (Lipinski definition) is 1. The molecule has 0 fully saturated rings. The molecule has 0 saturated heterocycles. The van der Waals surface area contributed by atoms with Crippen molar-refractivity contribution in [3.05, 3.63) is 68.7 Å². The lowest BCUT2D eigenvalue weighted by molar-refractivity contribution is 0.585. The number of hydrogen-bond donors (Lipinski definition) is 1. The van der Waals surface area contributed by atoms with Crippen LogP contribution < -0.4 is 5.32 Å². The van der Waals surface area contributed by atoms with Crippen LogP contribution in [0.2, 0.25) is 5.02 Å². The molecule has 0 heterocycles. The molecule has 100 valence electrons. The second kappa shape index (κ2) is 6.46. The molecule has 19 heavy (non-hydrogen) atoms. The molecular weight excluding hydrogens is 336 g/mol. The first-order chi connectivity index (χ1) is 9.06. The first kappa shape index (κ1) is 14.4. The molecule has 0 radical (unpaired) electrons. The van der Waals surface area contributed by atoms with Crippen LogP contribution in [0.4, 0.5) is 8.78 Å². The van der Waals surface area contributed by atoms with Gasteiger partial charge in [-0.2, -0.15) is 0 Å². The molecule has 0 unspecified atom stereocenters. The maximum atomic E-state index is 13.5. The predicted molar refractivity (Wildman–Crippen MR) is 76.1 cm³/mol. The first-order valence-electron chi connectivity index (χ1n) is 5.65. The van der Waals surface area contributed by atoms with E-state index in [-0.39, 0.29) is 11.6 Å². The van der Waals surface area contributed by atoms with E-state index < -0.39 is 0 Å². The van der Waals surface area contributed by atoms with Crippen molar-refractivity contribution in [1.29, 1.82) is 0 Å². The van der Waals surface area contributed by atoms with Crippen LogP contribution in [0.5, 0.6) is 0 Å². The summed E-state index contributed by atoms with van der Waals surface area (Å²) in [5.41, 5.74) is 1.27. The van der Waals surface area contributed by atoms with Crippen molar-refractivity contribution in [2.75, 3.05) is 0 Å². The normalized spacial score (nSPS) is 10.7. The van der Waals surface area contributed by atoms with Crippen molar-refractivity contribution in [3.8, 4) is 0 Å². The lowest BCUT2D eigenvalue weighted by atomic mass is 10.2. The average molecular weight is 347 g/mol. The van der Waals surface area contributed by atoms with E-state index in [4.69, 9.17) is 11.6 Å². The first-order valence-corrected chi connectivity index (χ1v) is 6.82. The highest BCUT2D eigenvalue weighted by atomic mass is 79.9. The lowest BCUT2D eigenvalue weighted by Crippen LogP contribution is -2.14. The quantitative estimate of drug-likeness (QED) is 0.848. The van der Waals surface area contributed by atoms with Crippen molar-refractivity contribution in [2.24, 2.45) is 0 Å². The molecule has 0 atom stereocenters. The minimum absolute atomic E-state index is 0.297. The summed E-state index contributed by atoms with van der Waals surface area (Å²) >= 11 is 9.15. The Labute approximate surface area is 123 Å². The number of rotatable bonds is 4. The van der Waals surface area contributed by atoms with E-state index in [1.165, 1.54) is 24.3 Å². The number of halogens is 4. The van der Waals surface area contributed by atoms with Crippen molar-refractivity contribution in [3.63, 3.8) is 0 Å². The van der Waals surface area contributed by atoms with Crippen molar-refractivity contribution in [1.82, 2.24) is 5.32 Å². The van der Waals surface area contributed by atoms with Crippen LogP contribution in [0.25, 0.3) is 0 Å². The number of nitrogens with one attached hydrogen (secondary N) is 1. The smallest absolute Gasteiger partial charge is 0.127 e. The van der Waals surface area contributed by atoms with Gasteiger partial charge in [0, 0.05) is 28.1 Å². The molecule has 1 N–H and O–H groups in total. The molecule has 0 aromatic heterocycles. The second-order valence-corrected chi connectivity index (χ2v) is 5.37. The lowest BCUT2D eigenvalue weighted by Gasteiger charge is -2.08. The summed E-state index contributed by atoms with van der Waals surface area (Å²) < 4.78 is 27.4. The molecule has 0 aliphatic heterocycles. The van der Waals surface area contributed by atoms with E-state index in [0.717, 1.165) is 10.0 Å². The molecule has 1 nitrogen and oxygen atoms in total. The average Bonchev–Trinajstić information content (AvgIpc) is 2.38. The van der Waals surface area contributed by atoms with Crippen LogP contribution in [0.3, 0.4) is 0 Å². The molecule has 2 aromatic carbocycles. The monoisotopic (exact) mass is 345 g/mol. The summed E-state index contributed by atoms with van der Waals surface area (Å²) in [5, 5.41) is 3.55. The van der Waals surface area contributed by atoms with Gasteiger partial charge in [-0.3, -0.25) is 0 Å². The molecule has 2 aromatic rings. The fourth-order valence-corrected chi connectivity index (χ4v) is 2.27. The fraction of sp³-hybridized carbons (Fsp3) is 0.143. The van der Waals surface area contributed by atoms with E-state index in [0.29, 0.717) is 23.7 Å². The molecule has 0 aliphatic rings. The molecule has 0 saturated carbocycles. The van der Waals surface area contributed by atoms with Gasteiger partial charge in [-0.1, -0.05) is 27.5 Å². The van der Waals surface area contributed by atoms with Gasteiger partial charge in [0.2, 0.25) is 0 Å². The van der Waals surface area contributed by atoms with E-state index in [1.54, 1.807) is 12.1 Å². The Balaban J connectivity index is 2.00. The molecule has 0 aliphatic carbocycles. The van der Waals surface area contributed by atoms with Gasteiger partial charge < -0.3 is 5.32 Å². The van der Waals surface area contributed by atoms with Gasteiger partial charge in [0.05, 0.1) is 0 Å². The van der Waals surface area contributed by atoms with Gasteiger partial charge in [0.15, 0.2) is 0 Å². The summed E-state index contributed by atoms with van der Waals surface area (Å²) in [6.45, 7) is 0.764. The SMILES string of the molecule is Fc1ccc(Br)c(CNCc2cc(Cl)ccc2F)c1. The highest BCUT2D eigenvalue weighted by molar-refractivity contribution is 9.10. The van der Waals surface area contributed by atoms with E-state index in [2.05, 4.69) is 21.2 Å². The van der Waals surface area contributed by atoms with Crippen LogP contribution in [0, 0.1) is 11.6 Å². The molecular formula is C14H11BrClF2N. The fourth-order valence-electron chi connectivity index (χ4n) is 1.69. The minimum atomic E-state index is -0.310. The Kier molecular flexibility index (Phi) is 4.91. The maximum absolute atomic E-state index is 13.5. The topological polar surface area (TPSA) is 12.0 Å². The minimum Gasteiger partial charge on any atom is -0.308 e. The summed E-state index contributed by atoms with van der Waals surface area (Å²) in [6.07, 6.45) is 0. The zero-order valence-electron chi connectivity index (χ0n) is 9.89. The Morgan fingerprint density at radius 2 is 1.74 bits per heavy atom.